The van der Waals surface area contributed by atoms with Crippen molar-refractivity contribution in [3.63, 3.8) is 0 Å². The smallest absolute Gasteiger partial charge is 0.124 e. The third kappa shape index (κ3) is 3.02. The molecular weight excluding hydrogens is 246 g/mol. The van der Waals surface area contributed by atoms with Crippen molar-refractivity contribution in [2.45, 2.75) is 32.7 Å². The Bertz CT molecular complexity index is 588. The third-order valence-electron chi connectivity index (χ3n) is 3.65. The molecule has 0 radical (unpaired) electrons. The van der Waals surface area contributed by atoms with Crippen LogP contribution in [0.1, 0.15) is 29.2 Å². The lowest BCUT2D eigenvalue weighted by Gasteiger charge is -2.29. The fourth-order valence-electron chi connectivity index (χ4n) is 2.93. The molecule has 0 aliphatic rings. The van der Waals surface area contributed by atoms with Crippen LogP contribution in [0, 0.1) is 13.8 Å². The molecule has 0 fully saturated rings. The number of rotatable bonds is 4. The molecule has 0 heterocycles. The van der Waals surface area contributed by atoms with Crippen molar-refractivity contribution in [2.24, 2.45) is 5.73 Å². The van der Waals surface area contributed by atoms with Crippen molar-refractivity contribution >= 4 is 0 Å². The van der Waals surface area contributed by atoms with Crippen molar-refractivity contribution in [2.75, 3.05) is 7.11 Å². The lowest BCUT2D eigenvalue weighted by Crippen LogP contribution is -2.36. The minimum absolute atomic E-state index is 0.454. The van der Waals surface area contributed by atoms with Crippen LogP contribution in [0.25, 0.3) is 0 Å². The van der Waals surface area contributed by atoms with Gasteiger partial charge < -0.3 is 10.5 Å². The Morgan fingerprint density at radius 3 is 2.35 bits per heavy atom. The quantitative estimate of drug-likeness (QED) is 0.918. The van der Waals surface area contributed by atoms with Gasteiger partial charge in [-0.1, -0.05) is 36.4 Å². The van der Waals surface area contributed by atoms with E-state index >= 15 is 0 Å². The molecule has 2 heteroatoms. The second-order valence-corrected chi connectivity index (χ2v) is 5.74. The van der Waals surface area contributed by atoms with Crippen molar-refractivity contribution in [3.05, 3.63) is 64.7 Å². The zero-order valence-corrected chi connectivity index (χ0v) is 12.7. The van der Waals surface area contributed by atoms with Crippen molar-refractivity contribution < 1.29 is 4.74 Å². The van der Waals surface area contributed by atoms with Gasteiger partial charge in [0, 0.05) is 11.1 Å². The van der Waals surface area contributed by atoms with Gasteiger partial charge in [-0.15, -0.1) is 0 Å². The van der Waals surface area contributed by atoms with E-state index in [2.05, 4.69) is 45.0 Å². The summed E-state index contributed by atoms with van der Waals surface area (Å²) in [6.07, 6.45) is 0.786. The van der Waals surface area contributed by atoms with Crippen LogP contribution in [0.15, 0.2) is 42.5 Å². The summed E-state index contributed by atoms with van der Waals surface area (Å²) >= 11 is 0. The van der Waals surface area contributed by atoms with Crippen LogP contribution in [-0.2, 0) is 12.0 Å². The van der Waals surface area contributed by atoms with Crippen molar-refractivity contribution in [1.29, 1.82) is 0 Å². The van der Waals surface area contributed by atoms with E-state index in [1.165, 1.54) is 16.7 Å². The summed E-state index contributed by atoms with van der Waals surface area (Å²) in [4.78, 5) is 0. The van der Waals surface area contributed by atoms with Crippen LogP contribution >= 0.6 is 0 Å². The van der Waals surface area contributed by atoms with E-state index in [0.717, 1.165) is 17.7 Å². The van der Waals surface area contributed by atoms with Crippen molar-refractivity contribution in [1.82, 2.24) is 0 Å². The normalized spacial score (nSPS) is 13.8. The first kappa shape index (κ1) is 14.6. The van der Waals surface area contributed by atoms with Gasteiger partial charge >= 0.3 is 0 Å². The molecule has 0 aliphatic carbocycles. The van der Waals surface area contributed by atoms with E-state index < -0.39 is 5.54 Å². The maximum Gasteiger partial charge on any atom is 0.124 e. The van der Waals surface area contributed by atoms with E-state index in [4.69, 9.17) is 10.5 Å². The third-order valence-corrected chi connectivity index (χ3v) is 3.65. The first-order valence-electron chi connectivity index (χ1n) is 6.92. The van der Waals surface area contributed by atoms with Gasteiger partial charge in [0.05, 0.1) is 7.11 Å². The van der Waals surface area contributed by atoms with E-state index in [9.17, 15) is 0 Å². The highest BCUT2D eigenvalue weighted by molar-refractivity contribution is 5.47. The van der Waals surface area contributed by atoms with E-state index in [0.29, 0.717) is 0 Å². The van der Waals surface area contributed by atoms with Gasteiger partial charge in [0.2, 0.25) is 0 Å². The molecule has 1 unspecified atom stereocenters. The van der Waals surface area contributed by atoms with E-state index in [-0.39, 0.29) is 0 Å². The highest BCUT2D eigenvalue weighted by Crippen LogP contribution is 2.34. The van der Waals surface area contributed by atoms with Gasteiger partial charge in [-0.25, -0.2) is 0 Å². The summed E-state index contributed by atoms with van der Waals surface area (Å²) in [5.41, 5.74) is 10.9. The van der Waals surface area contributed by atoms with Crippen LogP contribution in [0.3, 0.4) is 0 Å². The summed E-state index contributed by atoms with van der Waals surface area (Å²) in [6.45, 7) is 6.24. The second kappa shape index (κ2) is 5.68. The molecule has 0 aromatic heterocycles. The van der Waals surface area contributed by atoms with Crippen LogP contribution in [0.4, 0.5) is 0 Å². The SMILES string of the molecule is COc1cc(C)cc(C)c1C(C)(N)Cc1ccccc1. The molecule has 106 valence electrons. The lowest BCUT2D eigenvalue weighted by atomic mass is 9.83. The summed E-state index contributed by atoms with van der Waals surface area (Å²) < 4.78 is 5.55. The zero-order chi connectivity index (χ0) is 14.8. The zero-order valence-electron chi connectivity index (χ0n) is 12.7. The summed E-state index contributed by atoms with van der Waals surface area (Å²) in [7, 11) is 1.70. The minimum atomic E-state index is -0.454. The van der Waals surface area contributed by atoms with E-state index in [1.807, 2.05) is 18.2 Å². The number of aryl methyl sites for hydroxylation is 2. The monoisotopic (exact) mass is 269 g/mol. The van der Waals surface area contributed by atoms with Crippen LogP contribution in [0.5, 0.6) is 5.75 Å². The number of nitrogens with two attached hydrogens (primary N) is 1. The molecule has 0 spiro atoms. The molecule has 20 heavy (non-hydrogen) atoms. The van der Waals surface area contributed by atoms with Gasteiger partial charge in [0.1, 0.15) is 5.75 Å². The molecule has 2 N–H and O–H groups in total. The first-order valence-corrected chi connectivity index (χ1v) is 6.92. The van der Waals surface area contributed by atoms with Gasteiger partial charge in [-0.3, -0.25) is 0 Å². The van der Waals surface area contributed by atoms with Crippen molar-refractivity contribution in [3.8, 4) is 5.75 Å². The number of hydrogen-bond acceptors (Lipinski definition) is 2. The Morgan fingerprint density at radius 1 is 1.10 bits per heavy atom. The lowest BCUT2D eigenvalue weighted by molar-refractivity contribution is 0.384. The molecule has 0 bridgehead atoms. The molecule has 0 saturated heterocycles. The van der Waals surface area contributed by atoms with Gasteiger partial charge in [-0.2, -0.15) is 0 Å². The predicted molar refractivity (Wildman–Crippen MR) is 84.2 cm³/mol. The molecule has 2 aromatic carbocycles. The van der Waals surface area contributed by atoms with Crippen LogP contribution in [0.2, 0.25) is 0 Å². The highest BCUT2D eigenvalue weighted by Gasteiger charge is 2.27. The maximum atomic E-state index is 6.62. The van der Waals surface area contributed by atoms with Crippen LogP contribution < -0.4 is 10.5 Å². The van der Waals surface area contributed by atoms with E-state index in [1.54, 1.807) is 7.11 Å². The second-order valence-electron chi connectivity index (χ2n) is 5.74. The predicted octanol–water partition coefficient (Wildman–Crippen LogP) is 3.73. The Kier molecular flexibility index (Phi) is 4.15. The number of hydrogen-bond donors (Lipinski definition) is 1. The fourth-order valence-corrected chi connectivity index (χ4v) is 2.93. The summed E-state index contributed by atoms with van der Waals surface area (Å²) in [5, 5.41) is 0. The van der Waals surface area contributed by atoms with Gasteiger partial charge in [-0.05, 0) is 49.9 Å². The average Bonchev–Trinajstić information content (AvgIpc) is 2.37. The standard InChI is InChI=1S/C18H23NO/c1-13-10-14(2)17(16(11-13)20-4)18(3,19)12-15-8-6-5-7-9-15/h5-11H,12,19H2,1-4H3. The first-order chi connectivity index (χ1) is 9.44. The highest BCUT2D eigenvalue weighted by atomic mass is 16.5. The Hall–Kier alpha value is -1.80. The van der Waals surface area contributed by atoms with Gasteiger partial charge in [0.15, 0.2) is 0 Å². The molecule has 0 saturated carbocycles. The molecule has 0 aliphatic heterocycles. The molecule has 2 rings (SSSR count). The maximum absolute atomic E-state index is 6.62. The summed E-state index contributed by atoms with van der Waals surface area (Å²) in [6, 6.07) is 14.6. The Balaban J connectivity index is 2.43. The molecule has 2 aromatic rings. The molecule has 0 amide bonds. The molecular formula is C18H23NO. The van der Waals surface area contributed by atoms with Gasteiger partial charge in [0.25, 0.3) is 0 Å². The number of methoxy groups -OCH3 is 1. The largest absolute Gasteiger partial charge is 0.496 e. The topological polar surface area (TPSA) is 35.2 Å². The molecule has 1 atom stereocenters. The summed E-state index contributed by atoms with van der Waals surface area (Å²) in [5.74, 6) is 0.878. The van der Waals surface area contributed by atoms with Crippen LogP contribution in [-0.4, -0.2) is 7.11 Å². The minimum Gasteiger partial charge on any atom is -0.496 e. The number of benzene rings is 2. The molecule has 2 nitrogen and oxygen atoms in total. The number of ether oxygens (including phenoxy) is 1. The average molecular weight is 269 g/mol. The fraction of sp³-hybridized carbons (Fsp3) is 0.333. The Labute approximate surface area is 121 Å². The Morgan fingerprint density at radius 2 is 1.75 bits per heavy atom.